The molecular formula is C28H22F6N2O4. The summed E-state index contributed by atoms with van der Waals surface area (Å²) in [5.74, 6) is -1.08. The summed E-state index contributed by atoms with van der Waals surface area (Å²) in [5.41, 5.74) is -1.55. The predicted octanol–water partition coefficient (Wildman–Crippen LogP) is 6.79. The average Bonchev–Trinajstić information content (AvgIpc) is 3.32. The Hall–Kier alpha value is -4.48. The van der Waals surface area contributed by atoms with Gasteiger partial charge in [-0.05, 0) is 41.0 Å². The number of hydrogen-bond acceptors (Lipinski definition) is 4. The standard InChI is InChI=1S/C28H22F6N2O4/c29-27(30,31)20-10-18(11-21(13-20)28(32,33)34)16-39-25(37)24(12-19-14-35-23-9-5-4-8-22(19)23)36-26(38)40-15-17-6-2-1-3-7-17/h1-11,13-14,24,35H,12,15-16H2,(H,36,38). The van der Waals surface area contributed by atoms with Crippen LogP contribution in [0.15, 0.2) is 79.0 Å². The summed E-state index contributed by atoms with van der Waals surface area (Å²) < 4.78 is 89.5. The van der Waals surface area contributed by atoms with Gasteiger partial charge in [-0.3, -0.25) is 0 Å². The van der Waals surface area contributed by atoms with Gasteiger partial charge in [0.25, 0.3) is 0 Å². The van der Waals surface area contributed by atoms with E-state index in [1.54, 1.807) is 60.8 Å². The van der Waals surface area contributed by atoms with Crippen molar-refractivity contribution in [2.24, 2.45) is 0 Å². The fraction of sp³-hybridized carbons (Fsp3) is 0.214. The Morgan fingerprint density at radius 3 is 2.02 bits per heavy atom. The van der Waals surface area contributed by atoms with E-state index < -0.39 is 53.8 Å². The lowest BCUT2D eigenvalue weighted by Gasteiger charge is -2.18. The maximum absolute atomic E-state index is 13.2. The number of halogens is 6. The topological polar surface area (TPSA) is 80.4 Å². The van der Waals surface area contributed by atoms with Crippen LogP contribution in [0.4, 0.5) is 31.1 Å². The normalized spacial score (nSPS) is 12.7. The molecule has 0 saturated carbocycles. The van der Waals surface area contributed by atoms with Crippen LogP contribution in [0.1, 0.15) is 27.8 Å². The van der Waals surface area contributed by atoms with E-state index in [9.17, 15) is 35.9 Å². The number of carbonyl (C=O) groups is 2. The van der Waals surface area contributed by atoms with Gasteiger partial charge in [-0.15, -0.1) is 0 Å². The molecule has 2 N–H and O–H groups in total. The zero-order valence-electron chi connectivity index (χ0n) is 20.6. The molecule has 1 heterocycles. The Kier molecular flexibility index (Phi) is 8.36. The highest BCUT2D eigenvalue weighted by atomic mass is 19.4. The number of fused-ring (bicyclic) bond motifs is 1. The molecule has 0 spiro atoms. The average molecular weight is 564 g/mol. The molecule has 1 amide bonds. The minimum atomic E-state index is -5.05. The second-order valence-corrected chi connectivity index (χ2v) is 8.84. The molecule has 6 nitrogen and oxygen atoms in total. The first-order valence-corrected chi connectivity index (χ1v) is 11.9. The highest BCUT2D eigenvalue weighted by molar-refractivity contribution is 5.86. The van der Waals surface area contributed by atoms with E-state index in [0.29, 0.717) is 23.3 Å². The second-order valence-electron chi connectivity index (χ2n) is 8.84. The minimum absolute atomic E-state index is 0.0184. The number of alkyl halides is 6. The lowest BCUT2D eigenvalue weighted by molar-refractivity contribution is -0.147. The second kappa shape index (κ2) is 11.7. The largest absolute Gasteiger partial charge is 0.459 e. The number of carbonyl (C=O) groups excluding carboxylic acids is 2. The SMILES string of the molecule is O=C(NC(Cc1c[nH]c2ccccc12)C(=O)OCc1cc(C(F)(F)F)cc(C(F)(F)F)c1)OCc1ccccc1. The molecule has 210 valence electrons. The van der Waals surface area contributed by atoms with Crippen LogP contribution >= 0.6 is 0 Å². The molecule has 0 bridgehead atoms. The van der Waals surface area contributed by atoms with Gasteiger partial charge in [0.15, 0.2) is 0 Å². The molecule has 4 aromatic rings. The Labute approximate surface area is 223 Å². The van der Waals surface area contributed by atoms with Gasteiger partial charge in [-0.25, -0.2) is 9.59 Å². The van der Waals surface area contributed by atoms with Crippen molar-refractivity contribution < 1.29 is 45.4 Å². The highest BCUT2D eigenvalue weighted by Gasteiger charge is 2.37. The summed E-state index contributed by atoms with van der Waals surface area (Å²) in [7, 11) is 0. The minimum Gasteiger partial charge on any atom is -0.459 e. The molecule has 0 aliphatic rings. The van der Waals surface area contributed by atoms with Crippen molar-refractivity contribution in [1.82, 2.24) is 10.3 Å². The first-order chi connectivity index (χ1) is 18.9. The first kappa shape index (κ1) is 28.5. The van der Waals surface area contributed by atoms with Gasteiger partial charge in [0.1, 0.15) is 19.3 Å². The first-order valence-electron chi connectivity index (χ1n) is 11.9. The predicted molar refractivity (Wildman–Crippen MR) is 132 cm³/mol. The zero-order valence-corrected chi connectivity index (χ0v) is 20.6. The lowest BCUT2D eigenvalue weighted by Crippen LogP contribution is -2.43. The molecule has 0 saturated heterocycles. The van der Waals surface area contributed by atoms with Crippen molar-refractivity contribution in [2.75, 3.05) is 0 Å². The number of ether oxygens (including phenoxy) is 2. The van der Waals surface area contributed by atoms with Crippen LogP contribution in [0.2, 0.25) is 0 Å². The third-order valence-electron chi connectivity index (χ3n) is 5.92. The van der Waals surface area contributed by atoms with Gasteiger partial charge < -0.3 is 19.8 Å². The summed E-state index contributed by atoms with van der Waals surface area (Å²) in [6.45, 7) is -0.997. The van der Waals surface area contributed by atoms with E-state index >= 15 is 0 Å². The molecule has 12 heteroatoms. The van der Waals surface area contributed by atoms with E-state index in [4.69, 9.17) is 9.47 Å². The number of hydrogen-bond donors (Lipinski definition) is 2. The summed E-state index contributed by atoms with van der Waals surface area (Å²) in [6, 6.07) is 15.4. The summed E-state index contributed by atoms with van der Waals surface area (Å²) in [6.07, 6.45) is -9.56. The molecule has 0 fully saturated rings. The van der Waals surface area contributed by atoms with Crippen molar-refractivity contribution in [3.05, 3.63) is 107 Å². The van der Waals surface area contributed by atoms with Crippen LogP contribution in [0.5, 0.6) is 0 Å². The van der Waals surface area contributed by atoms with Gasteiger partial charge in [0.2, 0.25) is 0 Å². The van der Waals surface area contributed by atoms with Crippen LogP contribution in [0.25, 0.3) is 10.9 Å². The molecule has 0 aliphatic heterocycles. The maximum Gasteiger partial charge on any atom is 0.416 e. The van der Waals surface area contributed by atoms with E-state index in [-0.39, 0.29) is 19.1 Å². The smallest absolute Gasteiger partial charge is 0.416 e. The van der Waals surface area contributed by atoms with Gasteiger partial charge in [0, 0.05) is 23.5 Å². The van der Waals surface area contributed by atoms with E-state index in [2.05, 4.69) is 10.3 Å². The molecule has 1 atom stereocenters. The molecule has 4 rings (SSSR count). The fourth-order valence-electron chi connectivity index (χ4n) is 3.98. The number of amides is 1. The van der Waals surface area contributed by atoms with Crippen LogP contribution in [0, 0.1) is 0 Å². The van der Waals surface area contributed by atoms with Crippen molar-refractivity contribution in [1.29, 1.82) is 0 Å². The Bertz CT molecular complexity index is 1450. The number of aromatic amines is 1. The van der Waals surface area contributed by atoms with E-state index in [1.807, 2.05) is 0 Å². The maximum atomic E-state index is 13.2. The lowest BCUT2D eigenvalue weighted by atomic mass is 10.0. The Balaban J connectivity index is 1.52. The molecule has 0 aliphatic carbocycles. The summed E-state index contributed by atoms with van der Waals surface area (Å²) >= 11 is 0. The van der Waals surface area contributed by atoms with Crippen molar-refractivity contribution in [2.45, 2.75) is 38.0 Å². The number of benzene rings is 3. The number of rotatable bonds is 8. The van der Waals surface area contributed by atoms with Gasteiger partial charge in [0.05, 0.1) is 11.1 Å². The molecule has 1 aromatic heterocycles. The number of aromatic nitrogens is 1. The number of para-hydroxylation sites is 1. The fourth-order valence-corrected chi connectivity index (χ4v) is 3.98. The van der Waals surface area contributed by atoms with Crippen LogP contribution in [-0.4, -0.2) is 23.1 Å². The number of alkyl carbamates (subject to hydrolysis) is 1. The number of nitrogens with one attached hydrogen (secondary N) is 2. The summed E-state index contributed by atoms with van der Waals surface area (Å²) in [4.78, 5) is 28.5. The zero-order chi connectivity index (χ0) is 28.9. The summed E-state index contributed by atoms with van der Waals surface area (Å²) in [5, 5.41) is 3.13. The molecular weight excluding hydrogens is 542 g/mol. The quantitative estimate of drug-likeness (QED) is 0.183. The van der Waals surface area contributed by atoms with Gasteiger partial charge in [-0.1, -0.05) is 48.5 Å². The van der Waals surface area contributed by atoms with Crippen molar-refractivity contribution in [3.63, 3.8) is 0 Å². The third-order valence-corrected chi connectivity index (χ3v) is 5.92. The van der Waals surface area contributed by atoms with Crippen LogP contribution in [-0.2, 0) is 46.3 Å². The third kappa shape index (κ3) is 7.33. The van der Waals surface area contributed by atoms with E-state index in [1.165, 1.54) is 0 Å². The van der Waals surface area contributed by atoms with Crippen LogP contribution in [0.3, 0.4) is 0 Å². The van der Waals surface area contributed by atoms with Crippen molar-refractivity contribution >= 4 is 23.0 Å². The van der Waals surface area contributed by atoms with Crippen molar-refractivity contribution in [3.8, 4) is 0 Å². The van der Waals surface area contributed by atoms with E-state index in [0.717, 1.165) is 10.9 Å². The number of esters is 1. The van der Waals surface area contributed by atoms with Gasteiger partial charge >= 0.3 is 24.4 Å². The molecule has 0 radical (unpaired) electrons. The van der Waals surface area contributed by atoms with Gasteiger partial charge in [-0.2, -0.15) is 26.3 Å². The Morgan fingerprint density at radius 2 is 1.38 bits per heavy atom. The highest BCUT2D eigenvalue weighted by Crippen LogP contribution is 2.36. The molecule has 3 aromatic carbocycles. The molecule has 1 unspecified atom stereocenters. The Morgan fingerprint density at radius 1 is 0.775 bits per heavy atom. The monoisotopic (exact) mass is 564 g/mol. The van der Waals surface area contributed by atoms with Crippen LogP contribution < -0.4 is 5.32 Å². The molecule has 40 heavy (non-hydrogen) atoms. The number of H-pyrrole nitrogens is 1.